The Labute approximate surface area is 113 Å². The van der Waals surface area contributed by atoms with Gasteiger partial charge in [0.05, 0.1) is 25.3 Å². The zero-order chi connectivity index (χ0) is 14.3. The van der Waals surface area contributed by atoms with Crippen LogP contribution in [-0.4, -0.2) is 37.3 Å². The molecule has 1 heterocycles. The van der Waals surface area contributed by atoms with Crippen LogP contribution in [0.4, 0.5) is 8.78 Å². The van der Waals surface area contributed by atoms with Crippen LogP contribution >= 0.6 is 0 Å². The Balaban J connectivity index is 2.57. The summed E-state index contributed by atoms with van der Waals surface area (Å²) in [7, 11) is 2.09. The minimum absolute atomic E-state index is 0.302. The van der Waals surface area contributed by atoms with Gasteiger partial charge >= 0.3 is 0 Å². The van der Waals surface area contributed by atoms with Crippen LogP contribution in [-0.2, 0) is 10.3 Å². The van der Waals surface area contributed by atoms with Crippen molar-refractivity contribution in [2.75, 3.05) is 26.8 Å². The lowest BCUT2D eigenvalue weighted by Crippen LogP contribution is -2.67. The number of morpholine rings is 1. The lowest BCUT2D eigenvalue weighted by Gasteiger charge is -2.54. The van der Waals surface area contributed by atoms with Crippen LogP contribution in [0.3, 0.4) is 0 Å². The van der Waals surface area contributed by atoms with Crippen molar-refractivity contribution in [1.29, 1.82) is 0 Å². The number of benzene rings is 1. The summed E-state index contributed by atoms with van der Waals surface area (Å²) in [5, 5.41) is 0. The van der Waals surface area contributed by atoms with E-state index < -0.39 is 11.4 Å². The minimum Gasteiger partial charge on any atom is -0.369 e. The number of quaternary nitrogens is 1. The summed E-state index contributed by atoms with van der Waals surface area (Å²) >= 11 is 0. The fourth-order valence-electron chi connectivity index (χ4n) is 3.01. The van der Waals surface area contributed by atoms with Gasteiger partial charge in [0.2, 0.25) is 0 Å². The number of likely N-dealkylation sites (N-methyl/N-ethyl adjacent to an activating group) is 1. The quantitative estimate of drug-likeness (QED) is 0.750. The second-order valence-electron chi connectivity index (χ2n) is 6.04. The molecule has 2 nitrogen and oxygen atoms in total. The molecule has 0 N–H and O–H groups in total. The molecule has 0 aromatic heterocycles. The summed E-state index contributed by atoms with van der Waals surface area (Å²) < 4.78 is 33.9. The van der Waals surface area contributed by atoms with Gasteiger partial charge in [-0.2, -0.15) is 0 Å². The molecule has 0 bridgehead atoms. The fraction of sp³-hybridized carbons (Fsp3) is 0.600. The zero-order valence-electron chi connectivity index (χ0n) is 12.0. The standard InChI is InChI=1S/C15H22F2NO/c1-11(2)18(4)7-8-19-10-15(18,3)13-9-12(16)5-6-14(13)17/h5-6,9,11H,7-8,10H2,1-4H3/q+1. The van der Waals surface area contributed by atoms with Crippen LogP contribution in [0.2, 0.25) is 0 Å². The highest BCUT2D eigenvalue weighted by Gasteiger charge is 2.51. The molecule has 2 rings (SSSR count). The minimum atomic E-state index is -0.571. The molecule has 0 spiro atoms. The first-order chi connectivity index (χ1) is 8.81. The van der Waals surface area contributed by atoms with Gasteiger partial charge in [-0.15, -0.1) is 0 Å². The molecule has 19 heavy (non-hydrogen) atoms. The van der Waals surface area contributed by atoms with E-state index in [0.29, 0.717) is 29.3 Å². The van der Waals surface area contributed by atoms with E-state index in [1.165, 1.54) is 12.1 Å². The second-order valence-corrected chi connectivity index (χ2v) is 6.04. The van der Waals surface area contributed by atoms with E-state index in [4.69, 9.17) is 4.74 Å². The van der Waals surface area contributed by atoms with E-state index >= 15 is 0 Å². The SMILES string of the molecule is CC(C)[N+]1(C)CCOCC1(C)c1cc(F)ccc1F. The fourth-order valence-corrected chi connectivity index (χ4v) is 3.01. The van der Waals surface area contributed by atoms with Gasteiger partial charge in [0.25, 0.3) is 0 Å². The normalized spacial score (nSPS) is 31.7. The Hall–Kier alpha value is -1.00. The number of nitrogens with zero attached hydrogens (tertiary/aromatic N) is 1. The molecular formula is C15H22F2NO+. The van der Waals surface area contributed by atoms with Crippen molar-refractivity contribution < 1.29 is 18.0 Å². The lowest BCUT2D eigenvalue weighted by atomic mass is 9.85. The Bertz CT molecular complexity index is 477. The molecule has 1 aliphatic heterocycles. The average molecular weight is 270 g/mol. The van der Waals surface area contributed by atoms with E-state index in [-0.39, 0.29) is 5.82 Å². The topological polar surface area (TPSA) is 9.23 Å². The molecule has 4 heteroatoms. The summed E-state index contributed by atoms with van der Waals surface area (Å²) in [6.45, 7) is 8.04. The van der Waals surface area contributed by atoms with Crippen LogP contribution < -0.4 is 0 Å². The number of hydrogen-bond donors (Lipinski definition) is 0. The molecule has 0 aliphatic carbocycles. The van der Waals surface area contributed by atoms with E-state index in [2.05, 4.69) is 20.9 Å². The third-order valence-electron chi connectivity index (χ3n) is 4.86. The third kappa shape index (κ3) is 2.17. The Morgan fingerprint density at radius 2 is 2.00 bits per heavy atom. The Morgan fingerprint density at radius 1 is 1.32 bits per heavy atom. The van der Waals surface area contributed by atoms with Crippen LogP contribution in [0, 0.1) is 11.6 Å². The first kappa shape index (κ1) is 14.4. The highest BCUT2D eigenvalue weighted by molar-refractivity contribution is 5.25. The maximum absolute atomic E-state index is 14.2. The van der Waals surface area contributed by atoms with Gasteiger partial charge in [0, 0.05) is 0 Å². The van der Waals surface area contributed by atoms with Gasteiger partial charge < -0.3 is 9.22 Å². The molecule has 1 fully saturated rings. The van der Waals surface area contributed by atoms with Crippen molar-refractivity contribution in [3.63, 3.8) is 0 Å². The molecule has 1 aliphatic rings. The van der Waals surface area contributed by atoms with Crippen LogP contribution in [0.25, 0.3) is 0 Å². The van der Waals surface area contributed by atoms with Crippen molar-refractivity contribution in [1.82, 2.24) is 0 Å². The molecule has 0 saturated carbocycles. The predicted octanol–water partition coefficient (Wildman–Crippen LogP) is 3.07. The molecule has 0 radical (unpaired) electrons. The summed E-state index contributed by atoms with van der Waals surface area (Å²) in [6.07, 6.45) is 0. The smallest absolute Gasteiger partial charge is 0.148 e. The maximum atomic E-state index is 14.2. The van der Waals surface area contributed by atoms with E-state index in [9.17, 15) is 8.78 Å². The molecule has 2 atom stereocenters. The monoisotopic (exact) mass is 270 g/mol. The van der Waals surface area contributed by atoms with E-state index in [1.807, 2.05) is 6.92 Å². The third-order valence-corrected chi connectivity index (χ3v) is 4.86. The number of rotatable bonds is 2. The number of hydrogen-bond acceptors (Lipinski definition) is 1. The van der Waals surface area contributed by atoms with Gasteiger partial charge in [0.15, 0.2) is 0 Å². The first-order valence-corrected chi connectivity index (χ1v) is 6.70. The van der Waals surface area contributed by atoms with Gasteiger partial charge in [-0.25, -0.2) is 8.78 Å². The van der Waals surface area contributed by atoms with Gasteiger partial charge in [-0.1, -0.05) is 0 Å². The van der Waals surface area contributed by atoms with Crippen LogP contribution in [0.5, 0.6) is 0 Å². The van der Waals surface area contributed by atoms with Crippen molar-refractivity contribution in [3.8, 4) is 0 Å². The molecule has 1 saturated heterocycles. The second kappa shape index (κ2) is 4.84. The highest BCUT2D eigenvalue weighted by Crippen LogP contribution is 2.40. The van der Waals surface area contributed by atoms with Crippen LogP contribution in [0.15, 0.2) is 18.2 Å². The zero-order valence-corrected chi connectivity index (χ0v) is 12.0. The average Bonchev–Trinajstić information content (AvgIpc) is 2.36. The summed E-state index contributed by atoms with van der Waals surface area (Å²) in [4.78, 5) is 0. The van der Waals surface area contributed by atoms with Crippen molar-refractivity contribution >= 4 is 0 Å². The van der Waals surface area contributed by atoms with Crippen molar-refractivity contribution in [2.24, 2.45) is 0 Å². The van der Waals surface area contributed by atoms with Gasteiger partial charge in [-0.3, -0.25) is 0 Å². The van der Waals surface area contributed by atoms with Crippen molar-refractivity contribution in [3.05, 3.63) is 35.4 Å². The largest absolute Gasteiger partial charge is 0.369 e. The lowest BCUT2D eigenvalue weighted by molar-refractivity contribution is -0.991. The van der Waals surface area contributed by atoms with E-state index in [0.717, 1.165) is 12.6 Å². The predicted molar refractivity (Wildman–Crippen MR) is 70.7 cm³/mol. The molecule has 2 unspecified atom stereocenters. The molecule has 1 aromatic rings. The summed E-state index contributed by atoms with van der Waals surface area (Å²) in [5.41, 5.74) is -0.165. The molecule has 106 valence electrons. The molecular weight excluding hydrogens is 248 g/mol. The van der Waals surface area contributed by atoms with Gasteiger partial charge in [-0.05, 0) is 39.0 Å². The summed E-state index contributed by atoms with van der Waals surface area (Å²) in [6, 6.07) is 3.97. The van der Waals surface area contributed by atoms with Crippen molar-refractivity contribution in [2.45, 2.75) is 32.4 Å². The summed E-state index contributed by atoms with van der Waals surface area (Å²) in [5.74, 6) is -0.766. The van der Waals surface area contributed by atoms with Crippen LogP contribution in [0.1, 0.15) is 26.3 Å². The molecule has 0 amide bonds. The van der Waals surface area contributed by atoms with E-state index in [1.54, 1.807) is 0 Å². The highest BCUT2D eigenvalue weighted by atomic mass is 19.1. The Morgan fingerprint density at radius 3 is 2.63 bits per heavy atom. The number of halogens is 2. The maximum Gasteiger partial charge on any atom is 0.148 e. The first-order valence-electron chi connectivity index (χ1n) is 6.70. The number of ether oxygens (including phenoxy) is 1. The molecule has 1 aromatic carbocycles. The Kier molecular flexibility index (Phi) is 3.67. The van der Waals surface area contributed by atoms with Gasteiger partial charge in [0.1, 0.15) is 30.3 Å².